The van der Waals surface area contributed by atoms with Crippen LogP contribution in [0.3, 0.4) is 0 Å². The highest BCUT2D eigenvalue weighted by Gasteiger charge is 2.21. The van der Waals surface area contributed by atoms with Crippen LogP contribution in [0.5, 0.6) is 0 Å². The Bertz CT molecular complexity index is 1990. The minimum absolute atomic E-state index is 0.582. The number of hydrogen-bond acceptors (Lipinski definition) is 2. The molecule has 0 radical (unpaired) electrons. The van der Waals surface area contributed by atoms with Crippen molar-refractivity contribution in [1.29, 1.82) is 0 Å². The number of aromatic nitrogens is 1. The Morgan fingerprint density at radius 3 is 1.53 bits per heavy atom. The molecule has 2 nitrogen and oxygen atoms in total. The van der Waals surface area contributed by atoms with Crippen molar-refractivity contribution in [3.8, 4) is 11.1 Å². The van der Waals surface area contributed by atoms with Crippen LogP contribution in [0.4, 0.5) is 5.69 Å². The molecule has 47 heavy (non-hydrogen) atoms. The van der Waals surface area contributed by atoms with Gasteiger partial charge in [0.1, 0.15) is 0 Å². The number of pyridine rings is 1. The largest absolute Gasteiger partial charge is 0.254 e. The molecule has 0 saturated heterocycles. The lowest BCUT2D eigenvalue weighted by Crippen LogP contribution is -2.22. The van der Waals surface area contributed by atoms with Crippen LogP contribution in [0.15, 0.2) is 193 Å². The first-order chi connectivity index (χ1) is 23.3. The predicted octanol–water partition coefficient (Wildman–Crippen LogP) is 8.89. The molecule has 4 heteroatoms. The molecule has 0 fully saturated rings. The van der Waals surface area contributed by atoms with Crippen LogP contribution >= 0.6 is 15.8 Å². The number of rotatable bonds is 10. The van der Waals surface area contributed by atoms with Gasteiger partial charge in [0.05, 0.1) is 17.6 Å². The Morgan fingerprint density at radius 2 is 0.936 bits per heavy atom. The lowest BCUT2D eigenvalue weighted by atomic mass is 10.0. The van der Waals surface area contributed by atoms with Crippen molar-refractivity contribution in [2.75, 3.05) is 0 Å². The van der Waals surface area contributed by atoms with Crippen molar-refractivity contribution >= 4 is 54.3 Å². The normalized spacial score (nSPS) is 11.4. The molecule has 0 atom stereocenters. The average molecular weight is 641 g/mol. The van der Waals surface area contributed by atoms with Crippen LogP contribution in [0.1, 0.15) is 11.4 Å². The van der Waals surface area contributed by atoms with E-state index in [1.54, 1.807) is 0 Å². The van der Waals surface area contributed by atoms with E-state index in [9.17, 15) is 0 Å². The average Bonchev–Trinajstić information content (AvgIpc) is 3.15. The van der Waals surface area contributed by atoms with E-state index in [1.165, 1.54) is 32.1 Å². The molecule has 7 aromatic rings. The molecule has 1 heterocycles. The standard InChI is InChI=1S/C43H34N2P2/c1-5-20-36(21-6-1)46(37-22-7-2-8-23-37)33-35-19-17-18-34(45-35)32-44-42-30-15-13-28-40(42)41-29-14-16-31-43(41)47(38-24-9-3-10-25-38)39-26-11-4-12-27-39/h1-32H,33H2/b44-32+. The highest BCUT2D eigenvalue weighted by atomic mass is 31.1. The van der Waals surface area contributed by atoms with Gasteiger partial charge in [-0.15, -0.1) is 0 Å². The fourth-order valence-electron chi connectivity index (χ4n) is 5.80. The van der Waals surface area contributed by atoms with Gasteiger partial charge in [-0.25, -0.2) is 0 Å². The summed E-state index contributed by atoms with van der Waals surface area (Å²) in [5, 5.41) is 6.68. The third-order valence-corrected chi connectivity index (χ3v) is 13.0. The maximum atomic E-state index is 5.08. The summed E-state index contributed by atoms with van der Waals surface area (Å²) >= 11 is 0. The van der Waals surface area contributed by atoms with E-state index in [-0.39, 0.29) is 0 Å². The third kappa shape index (κ3) is 7.37. The van der Waals surface area contributed by atoms with Crippen LogP contribution in [0.25, 0.3) is 11.1 Å². The molecule has 0 unspecified atom stereocenters. The van der Waals surface area contributed by atoms with Gasteiger partial charge in [-0.05, 0) is 66.1 Å². The van der Waals surface area contributed by atoms with Crippen LogP contribution in [0.2, 0.25) is 0 Å². The Labute approximate surface area is 280 Å². The zero-order valence-corrected chi connectivity index (χ0v) is 27.8. The van der Waals surface area contributed by atoms with Crippen molar-refractivity contribution < 1.29 is 0 Å². The Hall–Kier alpha value is -5.00. The maximum Gasteiger partial charge on any atom is 0.0816 e. The van der Waals surface area contributed by atoms with E-state index in [1.807, 2.05) is 12.3 Å². The Kier molecular flexibility index (Phi) is 9.82. The second kappa shape index (κ2) is 15.1. The summed E-state index contributed by atoms with van der Waals surface area (Å²) in [6.45, 7) is 0. The summed E-state index contributed by atoms with van der Waals surface area (Å²) < 4.78 is 0. The molecule has 1 aromatic heterocycles. The van der Waals surface area contributed by atoms with Gasteiger partial charge in [0.15, 0.2) is 0 Å². The van der Waals surface area contributed by atoms with Gasteiger partial charge in [0.2, 0.25) is 0 Å². The highest BCUT2D eigenvalue weighted by Crippen LogP contribution is 2.40. The molecule has 0 aliphatic carbocycles. The fraction of sp³-hybridized carbons (Fsp3) is 0.0233. The topological polar surface area (TPSA) is 25.2 Å². The van der Waals surface area contributed by atoms with Gasteiger partial charge in [-0.2, -0.15) is 0 Å². The first-order valence-corrected chi connectivity index (χ1v) is 18.7. The number of nitrogens with zero attached hydrogens (tertiary/aromatic N) is 2. The van der Waals surface area contributed by atoms with E-state index in [0.717, 1.165) is 28.8 Å². The van der Waals surface area contributed by atoms with Gasteiger partial charge in [-0.1, -0.05) is 170 Å². The first-order valence-electron chi connectivity index (χ1n) is 15.8. The van der Waals surface area contributed by atoms with Crippen LogP contribution in [0, 0.1) is 0 Å². The molecule has 0 aliphatic heterocycles. The summed E-state index contributed by atoms with van der Waals surface area (Å²) in [7, 11) is -1.35. The van der Waals surface area contributed by atoms with E-state index < -0.39 is 15.8 Å². The molecule has 0 N–H and O–H groups in total. The van der Waals surface area contributed by atoms with Crippen LogP contribution in [-0.2, 0) is 6.16 Å². The summed E-state index contributed by atoms with van der Waals surface area (Å²) in [5.74, 6) is 0. The van der Waals surface area contributed by atoms with Gasteiger partial charge >= 0.3 is 0 Å². The highest BCUT2D eigenvalue weighted by molar-refractivity contribution is 7.80. The van der Waals surface area contributed by atoms with Crippen molar-refractivity contribution in [2.24, 2.45) is 4.99 Å². The molecule has 6 aromatic carbocycles. The number of aliphatic imine (C=N–C) groups is 1. The molecular formula is C43H34N2P2. The smallest absolute Gasteiger partial charge is 0.0816 e. The monoisotopic (exact) mass is 640 g/mol. The SMILES string of the molecule is C(=N\c1ccccc1-c1ccccc1P(c1ccccc1)c1ccccc1)/c1cccc(CP(c2ccccc2)c2ccccc2)n1. The molecular weight excluding hydrogens is 606 g/mol. The first kappa shape index (κ1) is 30.6. The van der Waals surface area contributed by atoms with Gasteiger partial charge < -0.3 is 0 Å². The van der Waals surface area contributed by atoms with E-state index in [0.29, 0.717) is 0 Å². The summed E-state index contributed by atoms with van der Waals surface area (Å²) in [4.78, 5) is 10.1. The molecule has 0 bridgehead atoms. The minimum atomic E-state index is -0.770. The molecule has 7 rings (SSSR count). The van der Waals surface area contributed by atoms with Crippen molar-refractivity contribution in [2.45, 2.75) is 6.16 Å². The van der Waals surface area contributed by atoms with E-state index in [4.69, 9.17) is 9.98 Å². The van der Waals surface area contributed by atoms with Crippen molar-refractivity contribution in [3.05, 3.63) is 199 Å². The zero-order chi connectivity index (χ0) is 31.7. The fourth-order valence-corrected chi connectivity index (χ4v) is 10.5. The van der Waals surface area contributed by atoms with Crippen LogP contribution in [-0.4, -0.2) is 11.2 Å². The molecule has 0 spiro atoms. The molecule has 0 amide bonds. The molecule has 226 valence electrons. The zero-order valence-electron chi connectivity index (χ0n) is 26.0. The summed E-state index contributed by atoms with van der Waals surface area (Å²) in [6, 6.07) is 66.9. The van der Waals surface area contributed by atoms with E-state index in [2.05, 4.69) is 182 Å². The second-order valence-electron chi connectivity index (χ2n) is 11.1. The summed E-state index contributed by atoms with van der Waals surface area (Å²) in [5.41, 5.74) is 5.18. The quantitative estimate of drug-likeness (QED) is 0.108. The van der Waals surface area contributed by atoms with Crippen LogP contribution < -0.4 is 26.5 Å². The minimum Gasteiger partial charge on any atom is -0.254 e. The third-order valence-electron chi connectivity index (χ3n) is 7.99. The van der Waals surface area contributed by atoms with Crippen molar-refractivity contribution in [3.63, 3.8) is 0 Å². The molecule has 0 aliphatic rings. The number of hydrogen-bond donors (Lipinski definition) is 0. The van der Waals surface area contributed by atoms with Gasteiger partial charge in [-0.3, -0.25) is 9.98 Å². The molecule has 0 saturated carbocycles. The Balaban J connectivity index is 1.22. The lowest BCUT2D eigenvalue weighted by molar-refractivity contribution is 1.16. The summed E-state index contributed by atoms with van der Waals surface area (Å²) in [6.07, 6.45) is 2.78. The Morgan fingerprint density at radius 1 is 0.447 bits per heavy atom. The van der Waals surface area contributed by atoms with Gasteiger partial charge in [0, 0.05) is 17.4 Å². The van der Waals surface area contributed by atoms with Gasteiger partial charge in [0.25, 0.3) is 0 Å². The van der Waals surface area contributed by atoms with Crippen molar-refractivity contribution in [1.82, 2.24) is 4.98 Å². The lowest BCUT2D eigenvalue weighted by Gasteiger charge is -2.23. The van der Waals surface area contributed by atoms with E-state index >= 15 is 0 Å². The maximum absolute atomic E-state index is 5.08. The second-order valence-corrected chi connectivity index (χ2v) is 15.5. The number of benzene rings is 6. The number of para-hydroxylation sites is 1. The predicted molar refractivity (Wildman–Crippen MR) is 205 cm³/mol.